The summed E-state index contributed by atoms with van der Waals surface area (Å²) < 4.78 is 6.02. The number of alkyl halides is 1. The Bertz CT molecular complexity index is 432. The van der Waals surface area contributed by atoms with Gasteiger partial charge in [0.15, 0.2) is 0 Å². The number of hydrogen-bond acceptors (Lipinski definition) is 1. The third-order valence-electron chi connectivity index (χ3n) is 4.26. The van der Waals surface area contributed by atoms with Crippen molar-refractivity contribution in [2.45, 2.75) is 31.8 Å². The Morgan fingerprint density at radius 2 is 2.22 bits per heavy atom. The standard InChI is InChI=1S/C15H18BrClO/c16-10-15(6-7-18-14(15)12-4-5-12)9-11-2-1-3-13(17)8-11/h1-3,8,12,14H,4-7,9-10H2. The van der Waals surface area contributed by atoms with Gasteiger partial charge in [-0.2, -0.15) is 0 Å². The van der Waals surface area contributed by atoms with Crippen LogP contribution in [0.15, 0.2) is 24.3 Å². The number of ether oxygens (including phenoxy) is 1. The summed E-state index contributed by atoms with van der Waals surface area (Å²) in [6.07, 6.45) is 5.35. The van der Waals surface area contributed by atoms with E-state index in [4.69, 9.17) is 16.3 Å². The van der Waals surface area contributed by atoms with Gasteiger partial charge in [-0.1, -0.05) is 39.7 Å². The molecule has 2 aliphatic rings. The minimum absolute atomic E-state index is 0.270. The molecule has 2 fully saturated rings. The molecular formula is C15H18BrClO. The van der Waals surface area contributed by atoms with Crippen molar-refractivity contribution in [1.82, 2.24) is 0 Å². The zero-order valence-electron chi connectivity index (χ0n) is 10.4. The van der Waals surface area contributed by atoms with E-state index < -0.39 is 0 Å². The summed E-state index contributed by atoms with van der Waals surface area (Å²) in [6, 6.07) is 8.25. The lowest BCUT2D eigenvalue weighted by Gasteiger charge is -2.32. The first kappa shape index (κ1) is 13.0. The molecule has 3 rings (SSSR count). The highest BCUT2D eigenvalue weighted by molar-refractivity contribution is 9.09. The van der Waals surface area contributed by atoms with Gasteiger partial charge >= 0.3 is 0 Å². The number of benzene rings is 1. The molecular weight excluding hydrogens is 312 g/mol. The molecule has 0 radical (unpaired) electrons. The quantitative estimate of drug-likeness (QED) is 0.741. The zero-order chi connectivity index (χ0) is 12.6. The smallest absolute Gasteiger partial charge is 0.0671 e. The molecule has 2 unspecified atom stereocenters. The fraction of sp³-hybridized carbons (Fsp3) is 0.600. The Hall–Kier alpha value is -0.0500. The molecule has 18 heavy (non-hydrogen) atoms. The van der Waals surface area contributed by atoms with Gasteiger partial charge in [0.2, 0.25) is 0 Å². The van der Waals surface area contributed by atoms with Gasteiger partial charge in [0.05, 0.1) is 6.10 Å². The molecule has 1 aromatic rings. The van der Waals surface area contributed by atoms with Crippen LogP contribution in [0.3, 0.4) is 0 Å². The first-order chi connectivity index (χ1) is 8.73. The molecule has 1 aliphatic heterocycles. The number of halogens is 2. The topological polar surface area (TPSA) is 9.23 Å². The van der Waals surface area contributed by atoms with E-state index in [9.17, 15) is 0 Å². The van der Waals surface area contributed by atoms with Crippen molar-refractivity contribution in [2.24, 2.45) is 11.3 Å². The molecule has 1 saturated carbocycles. The maximum absolute atomic E-state index is 6.09. The van der Waals surface area contributed by atoms with Crippen molar-refractivity contribution in [3.05, 3.63) is 34.9 Å². The van der Waals surface area contributed by atoms with E-state index >= 15 is 0 Å². The van der Waals surface area contributed by atoms with Crippen molar-refractivity contribution >= 4 is 27.5 Å². The first-order valence-electron chi connectivity index (χ1n) is 6.65. The van der Waals surface area contributed by atoms with Crippen molar-refractivity contribution in [2.75, 3.05) is 11.9 Å². The molecule has 0 bridgehead atoms. The fourth-order valence-electron chi connectivity index (χ4n) is 3.18. The lowest BCUT2D eigenvalue weighted by atomic mass is 9.76. The van der Waals surface area contributed by atoms with E-state index in [1.165, 1.54) is 18.4 Å². The van der Waals surface area contributed by atoms with Gasteiger partial charge in [0.1, 0.15) is 0 Å². The second-order valence-electron chi connectivity index (χ2n) is 5.68. The monoisotopic (exact) mass is 328 g/mol. The molecule has 2 atom stereocenters. The van der Waals surface area contributed by atoms with Crippen LogP contribution in [0.1, 0.15) is 24.8 Å². The molecule has 0 aromatic heterocycles. The summed E-state index contributed by atoms with van der Waals surface area (Å²) in [5.74, 6) is 0.796. The summed E-state index contributed by atoms with van der Waals surface area (Å²) in [4.78, 5) is 0. The lowest BCUT2D eigenvalue weighted by molar-refractivity contribution is 0.0413. The largest absolute Gasteiger partial charge is 0.377 e. The van der Waals surface area contributed by atoms with Crippen LogP contribution >= 0.6 is 27.5 Å². The van der Waals surface area contributed by atoms with Crippen molar-refractivity contribution < 1.29 is 4.74 Å². The van der Waals surface area contributed by atoms with Crippen LogP contribution < -0.4 is 0 Å². The summed E-state index contributed by atoms with van der Waals surface area (Å²) in [5, 5.41) is 1.85. The molecule has 0 N–H and O–H groups in total. The fourth-order valence-corrected chi connectivity index (χ4v) is 4.19. The maximum Gasteiger partial charge on any atom is 0.0671 e. The molecule has 3 heteroatoms. The summed E-state index contributed by atoms with van der Waals surface area (Å²) in [5.41, 5.74) is 1.60. The lowest BCUT2D eigenvalue weighted by Crippen LogP contribution is -2.36. The molecule has 0 spiro atoms. The van der Waals surface area contributed by atoms with Gasteiger partial charge in [-0.25, -0.2) is 0 Å². The van der Waals surface area contributed by atoms with Gasteiger partial charge in [-0.05, 0) is 49.3 Å². The summed E-state index contributed by atoms with van der Waals surface area (Å²) in [6.45, 7) is 0.910. The van der Waals surface area contributed by atoms with Crippen LogP contribution in [-0.4, -0.2) is 18.0 Å². The van der Waals surface area contributed by atoms with Crippen LogP contribution in [0, 0.1) is 11.3 Å². The van der Waals surface area contributed by atoms with Crippen molar-refractivity contribution in [3.63, 3.8) is 0 Å². The molecule has 1 heterocycles. The van der Waals surface area contributed by atoms with Gasteiger partial charge in [0.25, 0.3) is 0 Å². The maximum atomic E-state index is 6.09. The number of rotatable bonds is 4. The summed E-state index contributed by atoms with van der Waals surface area (Å²) >= 11 is 9.82. The average Bonchev–Trinajstić information content (AvgIpc) is 3.12. The SMILES string of the molecule is Clc1cccc(CC2(CBr)CCOC2C2CC2)c1. The third-order valence-corrected chi connectivity index (χ3v) is 5.61. The molecule has 1 nitrogen and oxygen atoms in total. The molecule has 0 amide bonds. The predicted octanol–water partition coefficient (Wildman–Crippen LogP) is 4.46. The highest BCUT2D eigenvalue weighted by Crippen LogP contribution is 2.50. The van der Waals surface area contributed by atoms with E-state index in [0.717, 1.165) is 35.7 Å². The molecule has 1 saturated heterocycles. The Morgan fingerprint density at radius 3 is 2.89 bits per heavy atom. The average molecular weight is 330 g/mol. The highest BCUT2D eigenvalue weighted by atomic mass is 79.9. The van der Waals surface area contributed by atoms with E-state index in [1.54, 1.807) is 0 Å². The molecule has 1 aliphatic carbocycles. The van der Waals surface area contributed by atoms with Gasteiger partial charge < -0.3 is 4.74 Å². The van der Waals surface area contributed by atoms with E-state index in [-0.39, 0.29) is 5.41 Å². The molecule has 1 aromatic carbocycles. The van der Waals surface area contributed by atoms with Gasteiger partial charge in [-0.3, -0.25) is 0 Å². The van der Waals surface area contributed by atoms with Crippen LogP contribution in [0.2, 0.25) is 5.02 Å². The van der Waals surface area contributed by atoms with Crippen LogP contribution in [-0.2, 0) is 11.2 Å². The minimum Gasteiger partial charge on any atom is -0.377 e. The van der Waals surface area contributed by atoms with Crippen LogP contribution in [0.25, 0.3) is 0 Å². The first-order valence-corrected chi connectivity index (χ1v) is 8.15. The number of hydrogen-bond donors (Lipinski definition) is 0. The third kappa shape index (κ3) is 2.48. The highest BCUT2D eigenvalue weighted by Gasteiger charge is 2.50. The van der Waals surface area contributed by atoms with E-state index in [0.29, 0.717) is 6.10 Å². The predicted molar refractivity (Wildman–Crippen MR) is 78.5 cm³/mol. The minimum atomic E-state index is 0.270. The van der Waals surface area contributed by atoms with Gasteiger partial charge in [-0.15, -0.1) is 0 Å². The zero-order valence-corrected chi connectivity index (χ0v) is 12.7. The Kier molecular flexibility index (Phi) is 3.70. The Labute approximate surface area is 122 Å². The van der Waals surface area contributed by atoms with Crippen molar-refractivity contribution in [3.8, 4) is 0 Å². The van der Waals surface area contributed by atoms with E-state index in [1.807, 2.05) is 12.1 Å². The summed E-state index contributed by atoms with van der Waals surface area (Å²) in [7, 11) is 0. The Morgan fingerprint density at radius 1 is 1.39 bits per heavy atom. The second kappa shape index (κ2) is 5.15. The second-order valence-corrected chi connectivity index (χ2v) is 6.68. The van der Waals surface area contributed by atoms with Crippen molar-refractivity contribution in [1.29, 1.82) is 0 Å². The normalized spacial score (nSPS) is 31.8. The van der Waals surface area contributed by atoms with Gasteiger partial charge in [0, 0.05) is 22.4 Å². The molecule has 98 valence electrons. The van der Waals surface area contributed by atoms with Crippen LogP contribution in [0.5, 0.6) is 0 Å². The Balaban J connectivity index is 1.82. The van der Waals surface area contributed by atoms with Crippen LogP contribution in [0.4, 0.5) is 0 Å². The van der Waals surface area contributed by atoms with E-state index in [2.05, 4.69) is 28.1 Å².